The van der Waals surface area contributed by atoms with Crippen molar-refractivity contribution in [1.29, 1.82) is 0 Å². The minimum Gasteiger partial charge on any atom is -0.482 e. The fraction of sp³-hybridized carbons (Fsp3) is 0.600. The van der Waals surface area contributed by atoms with E-state index >= 15 is 0 Å². The summed E-state index contributed by atoms with van der Waals surface area (Å²) in [6.07, 6.45) is -0.727. The molecule has 6 heteroatoms. The largest absolute Gasteiger partial charge is 0.482 e. The van der Waals surface area contributed by atoms with Gasteiger partial charge < -0.3 is 24.4 Å². The van der Waals surface area contributed by atoms with Gasteiger partial charge in [0.2, 0.25) is 12.5 Å². The van der Waals surface area contributed by atoms with Crippen LogP contribution in [0.15, 0.2) is 12.1 Å². The number of hydrogen-bond acceptors (Lipinski definition) is 6. The van der Waals surface area contributed by atoms with Gasteiger partial charge in [0.25, 0.3) is 0 Å². The van der Waals surface area contributed by atoms with E-state index in [1.807, 2.05) is 31.9 Å². The van der Waals surface area contributed by atoms with Gasteiger partial charge in [0.1, 0.15) is 11.7 Å². The molecule has 6 nitrogen and oxygen atoms in total. The molecule has 2 aliphatic rings. The number of nitrogens with zero attached hydrogens (tertiary/aromatic N) is 1. The van der Waals surface area contributed by atoms with Crippen LogP contribution in [-0.2, 0) is 0 Å². The average molecular weight is 295 g/mol. The first kappa shape index (κ1) is 14.4. The molecule has 2 atom stereocenters. The highest BCUT2D eigenvalue weighted by atomic mass is 16.7. The Labute approximate surface area is 123 Å². The molecule has 0 aliphatic carbocycles. The van der Waals surface area contributed by atoms with Gasteiger partial charge in [-0.15, -0.1) is 0 Å². The first-order chi connectivity index (χ1) is 9.95. The van der Waals surface area contributed by atoms with Crippen LogP contribution in [0.2, 0.25) is 0 Å². The summed E-state index contributed by atoms with van der Waals surface area (Å²) < 4.78 is 16.9. The molecule has 0 spiro atoms. The van der Waals surface area contributed by atoms with Crippen LogP contribution in [-0.4, -0.2) is 53.7 Å². The Hall–Kier alpha value is -1.50. The number of likely N-dealkylation sites (N-methyl/N-ethyl adjacent to an activating group) is 1. The van der Waals surface area contributed by atoms with Gasteiger partial charge in [-0.2, -0.15) is 0 Å². The van der Waals surface area contributed by atoms with E-state index in [1.54, 1.807) is 6.07 Å². The summed E-state index contributed by atoms with van der Waals surface area (Å²) in [4.78, 5) is 1.91. The van der Waals surface area contributed by atoms with Crippen molar-refractivity contribution < 1.29 is 24.4 Å². The van der Waals surface area contributed by atoms with Gasteiger partial charge in [-0.1, -0.05) is 0 Å². The Morgan fingerprint density at radius 2 is 2.05 bits per heavy atom. The Balaban J connectivity index is 2.03. The number of hydrogen-bond donors (Lipinski definition) is 2. The van der Waals surface area contributed by atoms with Crippen LogP contribution < -0.4 is 14.2 Å². The van der Waals surface area contributed by atoms with E-state index < -0.39 is 11.7 Å². The highest BCUT2D eigenvalue weighted by Gasteiger charge is 2.47. The van der Waals surface area contributed by atoms with Crippen LogP contribution in [0.5, 0.6) is 17.2 Å². The Kier molecular flexibility index (Phi) is 3.47. The number of rotatable bonds is 3. The van der Waals surface area contributed by atoms with Gasteiger partial charge in [0.05, 0.1) is 12.6 Å². The number of ether oxygens (including phenoxy) is 3. The number of aliphatic hydroxyl groups is 2. The molecule has 1 aromatic rings. The van der Waals surface area contributed by atoms with Crippen LogP contribution in [0.3, 0.4) is 0 Å². The summed E-state index contributed by atoms with van der Waals surface area (Å²) in [7, 11) is 1.87. The Morgan fingerprint density at radius 3 is 2.76 bits per heavy atom. The topological polar surface area (TPSA) is 71.4 Å². The lowest BCUT2D eigenvalue weighted by molar-refractivity contribution is -0.0783. The van der Waals surface area contributed by atoms with Gasteiger partial charge >= 0.3 is 0 Å². The zero-order valence-corrected chi connectivity index (χ0v) is 12.5. The molecule has 21 heavy (non-hydrogen) atoms. The van der Waals surface area contributed by atoms with Crippen molar-refractivity contribution in [3.63, 3.8) is 0 Å². The number of aliphatic hydroxyl groups excluding tert-OH is 2. The molecule has 116 valence electrons. The molecule has 0 radical (unpaired) electrons. The molecular weight excluding hydrogens is 274 g/mol. The third-order valence-corrected chi connectivity index (χ3v) is 4.15. The maximum Gasteiger partial charge on any atom is 0.231 e. The maximum absolute atomic E-state index is 10.8. The zero-order chi connectivity index (χ0) is 15.2. The number of benzene rings is 1. The molecule has 0 saturated heterocycles. The molecular formula is C15H21NO5. The average Bonchev–Trinajstić information content (AvgIpc) is 2.86. The van der Waals surface area contributed by atoms with E-state index in [0.717, 1.165) is 0 Å². The molecule has 0 amide bonds. The highest BCUT2D eigenvalue weighted by Crippen LogP contribution is 2.51. The lowest BCUT2D eigenvalue weighted by Crippen LogP contribution is -2.57. The summed E-state index contributed by atoms with van der Waals surface area (Å²) >= 11 is 0. The van der Waals surface area contributed by atoms with Crippen molar-refractivity contribution in [2.75, 3.05) is 27.0 Å². The van der Waals surface area contributed by atoms with E-state index in [2.05, 4.69) is 0 Å². The molecule has 3 rings (SSSR count). The Bertz CT molecular complexity index is 545. The van der Waals surface area contributed by atoms with Crippen LogP contribution >= 0.6 is 0 Å². The second kappa shape index (κ2) is 5.05. The van der Waals surface area contributed by atoms with Crippen molar-refractivity contribution in [2.24, 2.45) is 0 Å². The minimum atomic E-state index is -0.727. The van der Waals surface area contributed by atoms with Crippen LogP contribution in [0, 0.1) is 0 Å². The summed E-state index contributed by atoms with van der Waals surface area (Å²) in [5, 5.41) is 19.9. The zero-order valence-electron chi connectivity index (χ0n) is 12.5. The first-order valence-electron chi connectivity index (χ1n) is 7.06. The first-order valence-corrected chi connectivity index (χ1v) is 7.06. The highest BCUT2D eigenvalue weighted by molar-refractivity contribution is 5.59. The fourth-order valence-electron chi connectivity index (χ4n) is 3.24. The van der Waals surface area contributed by atoms with E-state index in [0.29, 0.717) is 29.4 Å². The monoisotopic (exact) mass is 295 g/mol. The molecule has 0 saturated carbocycles. The van der Waals surface area contributed by atoms with E-state index in [1.165, 1.54) is 0 Å². The van der Waals surface area contributed by atoms with Crippen molar-refractivity contribution >= 4 is 0 Å². The smallest absolute Gasteiger partial charge is 0.231 e. The van der Waals surface area contributed by atoms with Gasteiger partial charge in [-0.25, -0.2) is 0 Å². The molecule has 2 aliphatic heterocycles. The molecule has 2 unspecified atom stereocenters. The van der Waals surface area contributed by atoms with E-state index in [4.69, 9.17) is 19.3 Å². The summed E-state index contributed by atoms with van der Waals surface area (Å²) in [6.45, 7) is 4.51. The molecule has 0 aromatic heterocycles. The quantitative estimate of drug-likeness (QED) is 0.864. The maximum atomic E-state index is 10.8. The normalized spacial score (nSPS) is 25.6. The molecule has 1 aromatic carbocycles. The fourth-order valence-corrected chi connectivity index (χ4v) is 3.24. The molecule has 0 bridgehead atoms. The second-order valence-corrected chi connectivity index (χ2v) is 6.02. The summed E-state index contributed by atoms with van der Waals surface area (Å²) in [5.74, 6) is 1.75. The van der Waals surface area contributed by atoms with Crippen molar-refractivity contribution in [3.8, 4) is 17.2 Å². The molecule has 2 N–H and O–H groups in total. The van der Waals surface area contributed by atoms with E-state index in [-0.39, 0.29) is 19.4 Å². The Morgan fingerprint density at radius 1 is 1.29 bits per heavy atom. The van der Waals surface area contributed by atoms with Gasteiger partial charge in [-0.05, 0) is 33.0 Å². The van der Waals surface area contributed by atoms with Crippen molar-refractivity contribution in [1.82, 2.24) is 4.90 Å². The molecule has 0 fully saturated rings. The lowest BCUT2D eigenvalue weighted by atomic mass is 9.85. The van der Waals surface area contributed by atoms with Gasteiger partial charge in [0.15, 0.2) is 11.5 Å². The van der Waals surface area contributed by atoms with Crippen LogP contribution in [0.1, 0.15) is 25.5 Å². The van der Waals surface area contributed by atoms with Gasteiger partial charge in [-0.3, -0.25) is 4.90 Å². The standard InChI is InChI=1S/C15H21NO5/c1-15(2)14(16(3)6-7-17)11(18)9-4-5-10-13(12(9)21-15)20-8-19-10/h4-5,11,14,17-18H,6-8H2,1-3H3. The predicted octanol–water partition coefficient (Wildman–Crippen LogP) is 0.912. The summed E-state index contributed by atoms with van der Waals surface area (Å²) in [5.41, 5.74) is 0.0607. The SMILES string of the molecule is CN(CCO)C1C(O)c2ccc3c(c2OC1(C)C)OCO3. The van der Waals surface area contributed by atoms with E-state index in [9.17, 15) is 5.11 Å². The minimum absolute atomic E-state index is 0.0315. The van der Waals surface area contributed by atoms with Crippen LogP contribution in [0.4, 0.5) is 0 Å². The third kappa shape index (κ3) is 2.23. The lowest BCUT2D eigenvalue weighted by Gasteiger charge is -2.46. The van der Waals surface area contributed by atoms with Gasteiger partial charge in [0, 0.05) is 12.1 Å². The third-order valence-electron chi connectivity index (χ3n) is 4.15. The molecule has 2 heterocycles. The predicted molar refractivity (Wildman–Crippen MR) is 75.7 cm³/mol. The van der Waals surface area contributed by atoms with Crippen LogP contribution in [0.25, 0.3) is 0 Å². The second-order valence-electron chi connectivity index (χ2n) is 6.02. The van der Waals surface area contributed by atoms with Crippen molar-refractivity contribution in [3.05, 3.63) is 17.7 Å². The number of fused-ring (bicyclic) bond motifs is 3. The van der Waals surface area contributed by atoms with Crippen molar-refractivity contribution in [2.45, 2.75) is 31.6 Å². The summed E-state index contributed by atoms with van der Waals surface area (Å²) in [6, 6.07) is 3.33.